The van der Waals surface area contributed by atoms with E-state index in [9.17, 15) is 26.3 Å². The van der Waals surface area contributed by atoms with Crippen LogP contribution in [0.3, 0.4) is 0 Å². The molecule has 0 aromatic rings. The molecule has 0 heterocycles. The summed E-state index contributed by atoms with van der Waals surface area (Å²) >= 11 is -1.86. The van der Waals surface area contributed by atoms with E-state index in [0.717, 1.165) is 0 Å². The molecule has 0 saturated carbocycles. The van der Waals surface area contributed by atoms with Gasteiger partial charge in [0.05, 0.1) is 0 Å². The van der Waals surface area contributed by atoms with Gasteiger partial charge in [0, 0.05) is 6.08 Å². The van der Waals surface area contributed by atoms with Crippen molar-refractivity contribution in [1.29, 1.82) is 0 Å². The monoisotopic (exact) mass is 359 g/mol. The Labute approximate surface area is 99.3 Å². The van der Waals surface area contributed by atoms with Crippen LogP contribution in [-0.4, -0.2) is 25.6 Å². The molecule has 0 aromatic heterocycles. The molecule has 94 valence electrons. The SMILES string of the molecule is CC(C)[I+]C1(F)C=CC(F)C(F)(F)C1(F)F. The largest absolute Gasteiger partial charge is 0.394 e. The normalized spacial score (nSPS) is 36.7. The van der Waals surface area contributed by atoms with Crippen LogP contribution >= 0.6 is 0 Å². The summed E-state index contributed by atoms with van der Waals surface area (Å²) in [6.45, 7) is 2.94. The molecule has 0 saturated heterocycles. The van der Waals surface area contributed by atoms with E-state index in [4.69, 9.17) is 0 Å². The molecule has 1 aliphatic rings. The molecule has 0 spiro atoms. The zero-order valence-electron chi connectivity index (χ0n) is 8.46. The molecule has 0 nitrogen and oxygen atoms in total. The van der Waals surface area contributed by atoms with Crippen LogP contribution in [0.4, 0.5) is 26.3 Å². The third-order valence-electron chi connectivity index (χ3n) is 2.04. The summed E-state index contributed by atoms with van der Waals surface area (Å²) in [5.74, 6) is -9.96. The average Bonchev–Trinajstić information content (AvgIpc) is 2.10. The molecule has 0 amide bonds. The summed E-state index contributed by atoms with van der Waals surface area (Å²) < 4.78 is 75.0. The van der Waals surface area contributed by atoms with Gasteiger partial charge in [0.25, 0.3) is 0 Å². The second-order valence-corrected chi connectivity index (χ2v) is 8.39. The Hall–Kier alpha value is 0.0500. The smallest absolute Gasteiger partial charge is 0.236 e. The Bertz CT molecular complexity index is 300. The molecule has 1 rings (SSSR count). The van der Waals surface area contributed by atoms with Crippen molar-refractivity contribution >= 4 is 0 Å². The van der Waals surface area contributed by atoms with Gasteiger partial charge in [-0.05, 0) is 19.9 Å². The summed E-state index contributed by atoms with van der Waals surface area (Å²) in [5.41, 5.74) is 0. The van der Waals surface area contributed by atoms with E-state index in [2.05, 4.69) is 0 Å². The van der Waals surface area contributed by atoms with Gasteiger partial charge in [-0.3, -0.25) is 0 Å². The maximum Gasteiger partial charge on any atom is 0.394 e. The van der Waals surface area contributed by atoms with Gasteiger partial charge in [0.2, 0.25) is 0 Å². The number of halogens is 7. The molecule has 0 bridgehead atoms. The van der Waals surface area contributed by atoms with E-state index in [1.165, 1.54) is 13.8 Å². The van der Waals surface area contributed by atoms with E-state index >= 15 is 0 Å². The summed E-state index contributed by atoms with van der Waals surface area (Å²) in [7, 11) is 0. The summed E-state index contributed by atoms with van der Waals surface area (Å²) in [4.78, 5) is 0. The molecule has 1 aliphatic carbocycles. The molecular formula is C9H10F6I+. The first-order valence-corrected chi connectivity index (χ1v) is 6.79. The molecule has 7 heteroatoms. The van der Waals surface area contributed by atoms with Crippen LogP contribution in [0.2, 0.25) is 0 Å². The number of hydrogen-bond acceptors (Lipinski definition) is 0. The fourth-order valence-electron chi connectivity index (χ4n) is 1.25. The molecule has 0 N–H and O–H groups in total. The number of alkyl halides is 8. The van der Waals surface area contributed by atoms with Crippen molar-refractivity contribution in [2.24, 2.45) is 0 Å². The van der Waals surface area contributed by atoms with Crippen LogP contribution in [0.5, 0.6) is 0 Å². The van der Waals surface area contributed by atoms with Crippen LogP contribution < -0.4 is 21.2 Å². The highest BCUT2D eigenvalue weighted by molar-refractivity contribution is 5.19. The van der Waals surface area contributed by atoms with E-state index in [1.807, 2.05) is 0 Å². The van der Waals surface area contributed by atoms with E-state index in [0.29, 0.717) is 0 Å². The first-order chi connectivity index (χ1) is 7.04. The van der Waals surface area contributed by atoms with Crippen molar-refractivity contribution in [1.82, 2.24) is 0 Å². The second-order valence-electron chi connectivity index (χ2n) is 3.70. The van der Waals surface area contributed by atoms with Gasteiger partial charge in [-0.2, -0.15) is 22.0 Å². The van der Waals surface area contributed by atoms with E-state index in [-0.39, 0.29) is 12.2 Å². The average molecular weight is 359 g/mol. The topological polar surface area (TPSA) is 0 Å². The lowest BCUT2D eigenvalue weighted by Gasteiger charge is -2.34. The minimum atomic E-state index is -4.98. The number of rotatable bonds is 2. The van der Waals surface area contributed by atoms with Crippen molar-refractivity contribution in [2.75, 3.05) is 0 Å². The zero-order chi connectivity index (χ0) is 12.8. The molecule has 2 unspecified atom stereocenters. The predicted molar refractivity (Wildman–Crippen MR) is 42.9 cm³/mol. The molecule has 0 fully saturated rings. The van der Waals surface area contributed by atoms with Gasteiger partial charge < -0.3 is 0 Å². The third-order valence-corrected chi connectivity index (χ3v) is 5.22. The molecule has 0 aromatic carbocycles. The highest BCUT2D eigenvalue weighted by atomic mass is 127. The quantitative estimate of drug-likeness (QED) is 0.289. The van der Waals surface area contributed by atoms with Crippen LogP contribution in [0.25, 0.3) is 0 Å². The Kier molecular flexibility index (Phi) is 3.58. The Morgan fingerprint density at radius 3 is 2.06 bits per heavy atom. The molecule has 2 atom stereocenters. The summed E-state index contributed by atoms with van der Waals surface area (Å²) in [5, 5.41) is 0. The minimum absolute atomic E-state index is 0.194. The van der Waals surface area contributed by atoms with Crippen molar-refractivity contribution in [3.8, 4) is 0 Å². The number of allylic oxidation sites excluding steroid dienone is 2. The second kappa shape index (κ2) is 4.06. The van der Waals surface area contributed by atoms with Gasteiger partial charge in [-0.15, -0.1) is 0 Å². The van der Waals surface area contributed by atoms with Crippen LogP contribution in [0, 0.1) is 0 Å². The van der Waals surface area contributed by atoms with Crippen molar-refractivity contribution in [3.63, 3.8) is 0 Å². The molecular weight excluding hydrogens is 349 g/mol. The maximum absolute atomic E-state index is 13.8. The van der Waals surface area contributed by atoms with Gasteiger partial charge >= 0.3 is 36.7 Å². The lowest BCUT2D eigenvalue weighted by molar-refractivity contribution is -0.788. The van der Waals surface area contributed by atoms with Crippen molar-refractivity contribution in [2.45, 2.75) is 39.5 Å². The molecule has 0 radical (unpaired) electrons. The molecule has 0 aliphatic heterocycles. The third kappa shape index (κ3) is 1.95. The summed E-state index contributed by atoms with van der Waals surface area (Å²) in [6, 6.07) is 0. The zero-order valence-corrected chi connectivity index (χ0v) is 10.6. The van der Waals surface area contributed by atoms with Crippen LogP contribution in [0.15, 0.2) is 12.2 Å². The summed E-state index contributed by atoms with van der Waals surface area (Å²) in [6.07, 6.45) is -2.68. The van der Waals surface area contributed by atoms with Crippen LogP contribution in [0.1, 0.15) is 13.8 Å². The van der Waals surface area contributed by atoms with Gasteiger partial charge in [0.15, 0.2) is 10.1 Å². The van der Waals surface area contributed by atoms with E-state index in [1.54, 1.807) is 0 Å². The fourth-order valence-corrected chi connectivity index (χ4v) is 4.23. The number of hydrogen-bond donors (Lipinski definition) is 0. The van der Waals surface area contributed by atoms with Gasteiger partial charge in [0.1, 0.15) is 0 Å². The fraction of sp³-hybridized carbons (Fsp3) is 0.778. The highest BCUT2D eigenvalue weighted by Crippen LogP contribution is 2.47. The van der Waals surface area contributed by atoms with Crippen LogP contribution in [-0.2, 0) is 0 Å². The van der Waals surface area contributed by atoms with Crippen molar-refractivity contribution in [3.05, 3.63) is 12.2 Å². The Morgan fingerprint density at radius 1 is 1.12 bits per heavy atom. The Balaban J connectivity index is 3.18. The lowest BCUT2D eigenvalue weighted by Crippen LogP contribution is -3.71. The minimum Gasteiger partial charge on any atom is -0.236 e. The molecule has 16 heavy (non-hydrogen) atoms. The standard InChI is InChI=1S/C9H10F6I/c1-5(2)16-7(11)4-3-6(10)8(12,13)9(7,14)15/h3-6H,1-2H3/q+1. The lowest BCUT2D eigenvalue weighted by atomic mass is 9.96. The van der Waals surface area contributed by atoms with Gasteiger partial charge in [-0.25, -0.2) is 4.39 Å². The van der Waals surface area contributed by atoms with Crippen molar-refractivity contribution < 1.29 is 47.5 Å². The first kappa shape index (κ1) is 14.1. The maximum atomic E-state index is 13.8. The first-order valence-electron chi connectivity index (χ1n) is 4.47. The Morgan fingerprint density at radius 2 is 1.62 bits per heavy atom. The highest BCUT2D eigenvalue weighted by Gasteiger charge is 2.80. The van der Waals surface area contributed by atoms with E-state index < -0.39 is 46.8 Å². The predicted octanol–water partition coefficient (Wildman–Crippen LogP) is 0.328. The van der Waals surface area contributed by atoms with Gasteiger partial charge in [-0.1, -0.05) is 0 Å².